The summed E-state index contributed by atoms with van der Waals surface area (Å²) in [5.41, 5.74) is 9.88. The Kier molecular flexibility index (Phi) is 6.35. The summed E-state index contributed by atoms with van der Waals surface area (Å²) in [6.07, 6.45) is -0.529. The van der Waals surface area contributed by atoms with Crippen molar-refractivity contribution in [3.8, 4) is 0 Å². The van der Waals surface area contributed by atoms with Crippen molar-refractivity contribution >= 4 is 23.7 Å². The monoisotopic (exact) mass is 260 g/mol. The molecule has 0 unspecified atom stereocenters. The summed E-state index contributed by atoms with van der Waals surface area (Å²) in [7, 11) is 0. The molecule has 3 amide bonds. The average Bonchev–Trinajstić information content (AvgIpc) is 2.26. The molecule has 0 aromatic rings. The first-order chi connectivity index (χ1) is 8.27. The number of nitrogens with two attached hydrogens (primary N) is 2. The average molecular weight is 260 g/mol. The summed E-state index contributed by atoms with van der Waals surface area (Å²) in [6, 6.07) is -2.39. The van der Waals surface area contributed by atoms with Crippen LogP contribution in [-0.2, 0) is 19.2 Å². The van der Waals surface area contributed by atoms with Crippen LogP contribution in [0.3, 0.4) is 0 Å². The van der Waals surface area contributed by atoms with Gasteiger partial charge in [-0.1, -0.05) is 0 Å². The van der Waals surface area contributed by atoms with Gasteiger partial charge in [0.2, 0.25) is 17.7 Å². The molecule has 2 atom stereocenters. The topological polar surface area (TPSA) is 165 Å². The van der Waals surface area contributed by atoms with E-state index in [4.69, 9.17) is 16.6 Å². The molecule has 0 rings (SSSR count). The maximum absolute atomic E-state index is 11.5. The minimum atomic E-state index is -1.42. The normalized spacial score (nSPS) is 13.2. The Labute approximate surface area is 103 Å². The van der Waals surface area contributed by atoms with Crippen molar-refractivity contribution in [2.75, 3.05) is 6.54 Å². The predicted octanol–water partition coefficient (Wildman–Crippen LogP) is -3.11. The molecule has 0 radical (unpaired) electrons. The fraction of sp³-hybridized carbons (Fsp3) is 0.556. The lowest BCUT2D eigenvalue weighted by Gasteiger charge is -2.17. The van der Waals surface area contributed by atoms with Gasteiger partial charge in [-0.3, -0.25) is 14.4 Å². The van der Waals surface area contributed by atoms with E-state index >= 15 is 0 Å². The number of aliphatic carboxylic acids is 1. The molecule has 0 bridgehead atoms. The second-order valence-electron chi connectivity index (χ2n) is 3.56. The maximum atomic E-state index is 11.5. The summed E-state index contributed by atoms with van der Waals surface area (Å²) in [5.74, 6) is -3.55. The highest BCUT2D eigenvalue weighted by Crippen LogP contribution is 1.93. The molecule has 0 spiro atoms. The molecular formula is C9H16N4O5. The summed E-state index contributed by atoms with van der Waals surface area (Å²) in [4.78, 5) is 43.8. The fourth-order valence-corrected chi connectivity index (χ4v) is 1.06. The highest BCUT2D eigenvalue weighted by atomic mass is 16.4. The van der Waals surface area contributed by atoms with Gasteiger partial charge in [-0.05, 0) is 6.92 Å². The zero-order valence-corrected chi connectivity index (χ0v) is 9.80. The highest BCUT2D eigenvalue weighted by Gasteiger charge is 2.25. The lowest BCUT2D eigenvalue weighted by molar-refractivity contribution is -0.143. The van der Waals surface area contributed by atoms with E-state index in [1.165, 1.54) is 6.92 Å². The van der Waals surface area contributed by atoms with Crippen LogP contribution in [0.25, 0.3) is 0 Å². The number of carboxylic acid groups (broad SMARTS) is 1. The quantitative estimate of drug-likeness (QED) is 0.325. The van der Waals surface area contributed by atoms with E-state index in [2.05, 4.69) is 10.6 Å². The second-order valence-corrected chi connectivity index (χ2v) is 3.56. The number of hydrogen-bond donors (Lipinski definition) is 5. The molecule has 0 saturated heterocycles. The van der Waals surface area contributed by atoms with Crippen LogP contribution in [0.1, 0.15) is 13.3 Å². The number of carbonyl (C=O) groups is 4. The number of carboxylic acids is 1. The van der Waals surface area contributed by atoms with E-state index in [9.17, 15) is 19.2 Å². The van der Waals surface area contributed by atoms with Gasteiger partial charge in [-0.15, -0.1) is 0 Å². The lowest BCUT2D eigenvalue weighted by atomic mass is 10.2. The van der Waals surface area contributed by atoms with Gasteiger partial charge in [-0.25, -0.2) is 4.79 Å². The van der Waals surface area contributed by atoms with E-state index in [0.717, 1.165) is 0 Å². The third-order valence-electron chi connectivity index (χ3n) is 1.98. The van der Waals surface area contributed by atoms with Gasteiger partial charge in [0.25, 0.3) is 0 Å². The van der Waals surface area contributed by atoms with Crippen LogP contribution in [0.15, 0.2) is 0 Å². The van der Waals surface area contributed by atoms with Crippen LogP contribution in [0, 0.1) is 0 Å². The molecule has 0 aromatic carbocycles. The van der Waals surface area contributed by atoms with Gasteiger partial charge in [0, 0.05) is 0 Å². The number of hydrogen-bond acceptors (Lipinski definition) is 5. The Morgan fingerprint density at radius 3 is 2.17 bits per heavy atom. The van der Waals surface area contributed by atoms with Crippen molar-refractivity contribution in [1.29, 1.82) is 0 Å². The minimum absolute atomic E-state index is 0.290. The van der Waals surface area contributed by atoms with Crippen molar-refractivity contribution in [3.63, 3.8) is 0 Å². The van der Waals surface area contributed by atoms with Crippen molar-refractivity contribution in [1.82, 2.24) is 10.6 Å². The Balaban J connectivity index is 4.45. The number of carbonyl (C=O) groups excluding carboxylic acids is 3. The molecule has 9 heteroatoms. The first-order valence-electron chi connectivity index (χ1n) is 5.08. The van der Waals surface area contributed by atoms with E-state index in [0.29, 0.717) is 0 Å². The maximum Gasteiger partial charge on any atom is 0.326 e. The molecule has 0 aliphatic heterocycles. The highest BCUT2D eigenvalue weighted by molar-refractivity contribution is 5.92. The van der Waals surface area contributed by atoms with Gasteiger partial charge in [0.05, 0.1) is 13.0 Å². The Hall–Kier alpha value is -2.16. The van der Waals surface area contributed by atoms with Crippen LogP contribution >= 0.6 is 0 Å². The Morgan fingerprint density at radius 2 is 1.78 bits per heavy atom. The van der Waals surface area contributed by atoms with Crippen LogP contribution in [0.2, 0.25) is 0 Å². The zero-order valence-electron chi connectivity index (χ0n) is 9.80. The smallest absolute Gasteiger partial charge is 0.326 e. The number of rotatable bonds is 7. The van der Waals surface area contributed by atoms with Gasteiger partial charge >= 0.3 is 5.97 Å². The van der Waals surface area contributed by atoms with E-state index < -0.39 is 42.2 Å². The molecule has 0 heterocycles. The third kappa shape index (κ3) is 5.80. The summed E-state index contributed by atoms with van der Waals surface area (Å²) in [5, 5.41) is 13.1. The molecule has 102 valence electrons. The largest absolute Gasteiger partial charge is 0.480 e. The van der Waals surface area contributed by atoms with Crippen molar-refractivity contribution in [2.24, 2.45) is 11.5 Å². The van der Waals surface area contributed by atoms with Gasteiger partial charge in [0.1, 0.15) is 12.1 Å². The molecule has 9 nitrogen and oxygen atoms in total. The van der Waals surface area contributed by atoms with Crippen LogP contribution in [-0.4, -0.2) is 47.4 Å². The van der Waals surface area contributed by atoms with Crippen LogP contribution in [0.5, 0.6) is 0 Å². The van der Waals surface area contributed by atoms with Crippen LogP contribution in [0.4, 0.5) is 0 Å². The molecular weight excluding hydrogens is 244 g/mol. The van der Waals surface area contributed by atoms with E-state index in [1.54, 1.807) is 0 Å². The standard InChI is InChI=1S/C9H16N4O5/c1-4(12-7(15)3-10)8(16)13-5(9(17)18)2-6(11)14/h4-5H,2-3,10H2,1H3,(H2,11,14)(H,12,15)(H,13,16)(H,17,18)/t4-,5-/m0/s1. The van der Waals surface area contributed by atoms with Crippen LogP contribution < -0.4 is 22.1 Å². The second kappa shape index (κ2) is 7.22. The van der Waals surface area contributed by atoms with Gasteiger partial charge in [0.15, 0.2) is 0 Å². The van der Waals surface area contributed by atoms with E-state index in [-0.39, 0.29) is 6.54 Å². The molecule has 0 aromatic heterocycles. The number of nitrogens with one attached hydrogen (secondary N) is 2. The molecule has 18 heavy (non-hydrogen) atoms. The zero-order chi connectivity index (χ0) is 14.3. The molecule has 0 fully saturated rings. The van der Waals surface area contributed by atoms with E-state index in [1.807, 2.05) is 0 Å². The Bertz CT molecular complexity index is 357. The third-order valence-corrected chi connectivity index (χ3v) is 1.98. The van der Waals surface area contributed by atoms with Crippen molar-refractivity contribution in [2.45, 2.75) is 25.4 Å². The SMILES string of the molecule is C[C@H](NC(=O)CN)C(=O)N[C@@H](CC(N)=O)C(=O)O. The molecule has 7 N–H and O–H groups in total. The minimum Gasteiger partial charge on any atom is -0.480 e. The van der Waals surface area contributed by atoms with Gasteiger partial charge < -0.3 is 27.2 Å². The molecule has 0 aliphatic carbocycles. The summed E-state index contributed by atoms with van der Waals surface area (Å²) < 4.78 is 0. The fourth-order valence-electron chi connectivity index (χ4n) is 1.06. The van der Waals surface area contributed by atoms with Crippen molar-refractivity contribution in [3.05, 3.63) is 0 Å². The lowest BCUT2D eigenvalue weighted by Crippen LogP contribution is -2.52. The first kappa shape index (κ1) is 15.8. The van der Waals surface area contributed by atoms with Crippen molar-refractivity contribution < 1.29 is 24.3 Å². The first-order valence-corrected chi connectivity index (χ1v) is 5.08. The Morgan fingerprint density at radius 1 is 1.22 bits per heavy atom. The number of amides is 3. The molecule has 0 saturated carbocycles. The molecule has 0 aliphatic rings. The summed E-state index contributed by atoms with van der Waals surface area (Å²) >= 11 is 0. The summed E-state index contributed by atoms with van der Waals surface area (Å²) in [6.45, 7) is 1.06. The van der Waals surface area contributed by atoms with Gasteiger partial charge in [-0.2, -0.15) is 0 Å². The predicted molar refractivity (Wildman–Crippen MR) is 60.0 cm³/mol. The number of primary amides is 1.